The molecule has 0 amide bonds. The molecule has 2 aromatic rings. The molecule has 0 bridgehead atoms. The van der Waals surface area contributed by atoms with E-state index in [4.69, 9.17) is 9.47 Å². The first-order valence-electron chi connectivity index (χ1n) is 7.86. The predicted molar refractivity (Wildman–Crippen MR) is 94.5 cm³/mol. The molecule has 1 N–H and O–H groups in total. The molecule has 0 aliphatic carbocycles. The fourth-order valence-electron chi connectivity index (χ4n) is 2.15. The molecule has 7 nitrogen and oxygen atoms in total. The largest absolute Gasteiger partial charge is 0.497 e. The van der Waals surface area contributed by atoms with E-state index in [9.17, 15) is 22.4 Å². The molecule has 0 radical (unpaired) electrons. The Balaban J connectivity index is 1.93. The van der Waals surface area contributed by atoms with E-state index in [1.54, 1.807) is 12.1 Å². The Morgan fingerprint density at radius 2 is 1.81 bits per heavy atom. The van der Waals surface area contributed by atoms with Gasteiger partial charge in [0.1, 0.15) is 18.1 Å². The lowest BCUT2D eigenvalue weighted by Gasteiger charge is -2.13. The number of hydrogen-bond donors (Lipinski definition) is 1. The van der Waals surface area contributed by atoms with Gasteiger partial charge in [-0.15, -0.1) is 0 Å². The molecular weight excluding hydrogens is 377 g/mol. The van der Waals surface area contributed by atoms with Crippen LogP contribution in [0, 0.1) is 5.82 Å². The van der Waals surface area contributed by atoms with Crippen molar-refractivity contribution in [3.05, 3.63) is 59.9 Å². The van der Waals surface area contributed by atoms with Crippen LogP contribution in [0.4, 0.5) is 4.39 Å². The fourth-order valence-corrected chi connectivity index (χ4v) is 3.15. The summed E-state index contributed by atoms with van der Waals surface area (Å²) in [5.41, 5.74) is 0.316. The number of esters is 1. The summed E-state index contributed by atoms with van der Waals surface area (Å²) in [6.45, 7) is 0.685. The third kappa shape index (κ3) is 5.60. The average Bonchev–Trinajstić information content (AvgIpc) is 2.66. The number of methoxy groups -OCH3 is 1. The monoisotopic (exact) mass is 395 g/mol. The highest BCUT2D eigenvalue weighted by Gasteiger charge is 2.21. The third-order valence-corrected chi connectivity index (χ3v) is 4.96. The average molecular weight is 395 g/mol. The van der Waals surface area contributed by atoms with E-state index in [1.165, 1.54) is 38.3 Å². The number of ether oxygens (including phenoxy) is 2. The Kier molecular flexibility index (Phi) is 6.65. The van der Waals surface area contributed by atoms with E-state index in [2.05, 4.69) is 0 Å². The van der Waals surface area contributed by atoms with E-state index in [-0.39, 0.29) is 4.90 Å². The quantitative estimate of drug-likeness (QED) is 0.542. The molecule has 0 saturated carbocycles. The number of nitrogens with one attached hydrogen (secondary N) is 1. The Morgan fingerprint density at radius 1 is 1.15 bits per heavy atom. The van der Waals surface area contributed by atoms with Crippen LogP contribution >= 0.6 is 0 Å². The minimum absolute atomic E-state index is 0.316. The Bertz CT molecular complexity index is 927. The third-order valence-electron chi connectivity index (χ3n) is 3.56. The number of Topliss-reactive ketones (excluding diaryl/α,β-unsaturated/α-hetero) is 1. The first-order chi connectivity index (χ1) is 12.7. The lowest BCUT2D eigenvalue weighted by Crippen LogP contribution is -2.34. The highest BCUT2D eigenvalue weighted by molar-refractivity contribution is 7.89. The number of carbonyl (C=O) groups excluding carboxylic acids is 2. The molecule has 0 aliphatic heterocycles. The van der Waals surface area contributed by atoms with Gasteiger partial charge in [0.15, 0.2) is 6.10 Å². The summed E-state index contributed by atoms with van der Waals surface area (Å²) in [7, 11) is -2.59. The van der Waals surface area contributed by atoms with Crippen molar-refractivity contribution in [1.82, 2.24) is 4.72 Å². The highest BCUT2D eigenvalue weighted by atomic mass is 32.2. The van der Waals surface area contributed by atoms with Crippen LogP contribution in [0.25, 0.3) is 0 Å². The lowest BCUT2D eigenvalue weighted by atomic mass is 10.1. The van der Waals surface area contributed by atoms with Crippen LogP contribution in [0.1, 0.15) is 17.3 Å². The van der Waals surface area contributed by atoms with E-state index in [1.807, 2.05) is 4.72 Å². The van der Waals surface area contributed by atoms with Crippen LogP contribution in [-0.4, -0.2) is 39.9 Å². The molecule has 0 unspecified atom stereocenters. The molecule has 1 atom stereocenters. The van der Waals surface area contributed by atoms with Gasteiger partial charge in [-0.25, -0.2) is 12.8 Å². The molecule has 0 aromatic heterocycles. The van der Waals surface area contributed by atoms with Gasteiger partial charge in [0.2, 0.25) is 15.8 Å². The smallest absolute Gasteiger partial charge is 0.321 e. The van der Waals surface area contributed by atoms with E-state index in [0.29, 0.717) is 11.3 Å². The fraction of sp³-hybridized carbons (Fsp3) is 0.222. The van der Waals surface area contributed by atoms with Crippen LogP contribution in [0.3, 0.4) is 0 Å². The lowest BCUT2D eigenvalue weighted by molar-refractivity contribution is -0.144. The number of sulfonamides is 1. The topological polar surface area (TPSA) is 98.8 Å². The number of ketones is 1. The Hall–Kier alpha value is -2.78. The molecule has 0 fully saturated rings. The van der Waals surface area contributed by atoms with Gasteiger partial charge in [-0.1, -0.05) is 6.07 Å². The number of halogens is 1. The minimum Gasteiger partial charge on any atom is -0.497 e. The maximum atomic E-state index is 13.1. The van der Waals surface area contributed by atoms with Gasteiger partial charge in [0.25, 0.3) is 0 Å². The molecule has 2 rings (SSSR count). The van der Waals surface area contributed by atoms with Crippen LogP contribution < -0.4 is 9.46 Å². The summed E-state index contributed by atoms with van der Waals surface area (Å²) >= 11 is 0. The maximum Gasteiger partial charge on any atom is 0.321 e. The van der Waals surface area contributed by atoms with Crippen molar-refractivity contribution < 1.29 is 31.9 Å². The highest BCUT2D eigenvalue weighted by Crippen LogP contribution is 2.14. The standard InChI is InChI=1S/C18H18FNO6S/c1-12(18(22)13-6-8-15(25-2)9-7-13)26-17(21)11-20-27(23,24)16-5-3-4-14(19)10-16/h3-10,12,20H,11H2,1-2H3/t12-/m1/s1. The Labute approximate surface area is 156 Å². The van der Waals surface area contributed by atoms with Gasteiger partial charge in [-0.2, -0.15) is 4.72 Å². The second-order valence-corrected chi connectivity index (χ2v) is 7.27. The van der Waals surface area contributed by atoms with Gasteiger partial charge in [-0.3, -0.25) is 9.59 Å². The van der Waals surface area contributed by atoms with Crippen LogP contribution in [0.15, 0.2) is 53.4 Å². The zero-order valence-electron chi connectivity index (χ0n) is 14.6. The molecule has 144 valence electrons. The predicted octanol–water partition coefficient (Wildman–Crippen LogP) is 1.93. The zero-order valence-corrected chi connectivity index (χ0v) is 15.5. The molecule has 0 heterocycles. The molecule has 0 spiro atoms. The summed E-state index contributed by atoms with van der Waals surface area (Å²) in [5.74, 6) is -1.54. The van der Waals surface area contributed by atoms with Gasteiger partial charge >= 0.3 is 5.97 Å². The summed E-state index contributed by atoms with van der Waals surface area (Å²) in [6.07, 6.45) is -1.11. The molecule has 0 saturated heterocycles. The molecule has 0 aliphatic rings. The molecule has 27 heavy (non-hydrogen) atoms. The van der Waals surface area contributed by atoms with Crippen molar-refractivity contribution in [3.63, 3.8) is 0 Å². The summed E-state index contributed by atoms with van der Waals surface area (Å²) in [5, 5.41) is 0. The van der Waals surface area contributed by atoms with Crippen molar-refractivity contribution in [3.8, 4) is 5.75 Å². The minimum atomic E-state index is -4.08. The zero-order chi connectivity index (χ0) is 20.0. The van der Waals surface area contributed by atoms with Crippen molar-refractivity contribution in [2.24, 2.45) is 0 Å². The van der Waals surface area contributed by atoms with Crippen molar-refractivity contribution in [1.29, 1.82) is 0 Å². The van der Waals surface area contributed by atoms with E-state index >= 15 is 0 Å². The van der Waals surface area contributed by atoms with Crippen LogP contribution in [0.2, 0.25) is 0 Å². The van der Waals surface area contributed by atoms with Gasteiger partial charge in [-0.05, 0) is 49.4 Å². The Morgan fingerprint density at radius 3 is 2.41 bits per heavy atom. The van der Waals surface area contributed by atoms with Gasteiger partial charge in [0, 0.05) is 5.56 Å². The SMILES string of the molecule is COc1ccc(C(=O)[C@@H](C)OC(=O)CNS(=O)(=O)c2cccc(F)c2)cc1. The van der Waals surface area contributed by atoms with Crippen molar-refractivity contribution in [2.45, 2.75) is 17.9 Å². The van der Waals surface area contributed by atoms with Crippen LogP contribution in [-0.2, 0) is 19.6 Å². The first kappa shape index (κ1) is 20.5. The van der Waals surface area contributed by atoms with E-state index < -0.39 is 40.2 Å². The molecular formula is C18H18FNO6S. The van der Waals surface area contributed by atoms with Crippen molar-refractivity contribution >= 4 is 21.8 Å². The number of hydrogen-bond acceptors (Lipinski definition) is 6. The van der Waals surface area contributed by atoms with Gasteiger partial charge in [0.05, 0.1) is 12.0 Å². The maximum absolute atomic E-state index is 13.1. The summed E-state index contributed by atoms with van der Waals surface area (Å²) in [6, 6.07) is 10.6. The second-order valence-electron chi connectivity index (χ2n) is 5.51. The number of carbonyl (C=O) groups is 2. The number of rotatable bonds is 8. The van der Waals surface area contributed by atoms with E-state index in [0.717, 1.165) is 12.1 Å². The second kappa shape index (κ2) is 8.74. The van der Waals surface area contributed by atoms with Crippen molar-refractivity contribution in [2.75, 3.05) is 13.7 Å². The van der Waals surface area contributed by atoms with Gasteiger partial charge < -0.3 is 9.47 Å². The summed E-state index contributed by atoms with van der Waals surface area (Å²) < 4.78 is 49.1. The molecule has 2 aromatic carbocycles. The molecule has 9 heteroatoms. The first-order valence-corrected chi connectivity index (χ1v) is 9.34. The normalized spacial score (nSPS) is 12.3. The van der Waals surface area contributed by atoms with Crippen LogP contribution in [0.5, 0.6) is 5.75 Å². The number of benzene rings is 2. The summed E-state index contributed by atoms with van der Waals surface area (Å²) in [4.78, 5) is 23.8.